The van der Waals surface area contributed by atoms with Crippen LogP contribution in [0.5, 0.6) is 0 Å². The van der Waals surface area contributed by atoms with Crippen molar-refractivity contribution in [1.29, 1.82) is 0 Å². The molecule has 9 nitrogen and oxygen atoms in total. The summed E-state index contributed by atoms with van der Waals surface area (Å²) in [6, 6.07) is 6.61. The van der Waals surface area contributed by atoms with Crippen molar-refractivity contribution >= 4 is 29.4 Å². The molecule has 1 aromatic carbocycles. The Morgan fingerprint density at radius 3 is 2.39 bits per heavy atom. The first-order valence-corrected chi connectivity index (χ1v) is 14.3. The molecule has 1 saturated carbocycles. The second-order valence-electron chi connectivity index (χ2n) is 11.1. The number of carbonyl (C=O) groups is 3. The first-order valence-electron chi connectivity index (χ1n) is 13.4. The Bertz CT molecular complexity index is 1120. The lowest BCUT2D eigenvalue weighted by Crippen LogP contribution is -2.62. The van der Waals surface area contributed by atoms with Crippen LogP contribution in [0, 0.1) is 5.92 Å². The summed E-state index contributed by atoms with van der Waals surface area (Å²) in [4.78, 5) is 42.8. The zero-order chi connectivity index (χ0) is 27.9. The van der Waals surface area contributed by atoms with Crippen LogP contribution in [0.15, 0.2) is 33.9 Å². The molecule has 0 spiro atoms. The number of Topliss-reactive ketones (excluding diaryl/α,β-unsaturated/α-hetero) is 1. The van der Waals surface area contributed by atoms with Gasteiger partial charge in [-0.1, -0.05) is 76.9 Å². The molecular weight excluding hydrogens is 502 g/mol. The standard InChI is InChI=1S/C28H41N5O4S.2H2/c1-18(2)16-22(23(34)25-31-32-27(37-25)38-19(3)4)29-26(36)28(14-10-7-11-15-28)30-24(35)21-13-9-8-12-20(21)17-33(5)6;;/h8-9,12-13,18-19,22H,7,10-11,14-17H2,1-6H3,(H,29,36)(H,30,35);2*1H. The smallest absolute Gasteiger partial charge is 0.286 e. The number of thioether (sulfide) groups is 1. The largest absolute Gasteiger partial charge is 0.408 e. The maximum atomic E-state index is 13.9. The second kappa shape index (κ2) is 13.4. The molecular formula is C28H45N5O4S. The van der Waals surface area contributed by atoms with Gasteiger partial charge >= 0.3 is 0 Å². The summed E-state index contributed by atoms with van der Waals surface area (Å²) < 4.78 is 5.60. The molecule has 3 rings (SSSR count). The van der Waals surface area contributed by atoms with Gasteiger partial charge in [0.05, 0.1) is 6.04 Å². The quantitative estimate of drug-likeness (QED) is 0.283. The van der Waals surface area contributed by atoms with Gasteiger partial charge in [0, 0.05) is 20.2 Å². The van der Waals surface area contributed by atoms with Crippen LogP contribution < -0.4 is 10.6 Å². The molecule has 2 amide bonds. The highest BCUT2D eigenvalue weighted by Crippen LogP contribution is 2.30. The Balaban J connectivity index is 0.00000400. The second-order valence-corrected chi connectivity index (χ2v) is 12.6. The number of ketones is 1. The van der Waals surface area contributed by atoms with Crippen molar-refractivity contribution in [3.05, 3.63) is 41.3 Å². The Kier molecular flexibility index (Phi) is 10.5. The van der Waals surface area contributed by atoms with E-state index < -0.39 is 17.4 Å². The maximum Gasteiger partial charge on any atom is 0.286 e. The molecule has 0 radical (unpaired) electrons. The number of nitrogens with zero attached hydrogens (tertiary/aromatic N) is 3. The first-order chi connectivity index (χ1) is 18.0. The van der Waals surface area contributed by atoms with E-state index in [4.69, 9.17) is 4.42 Å². The fourth-order valence-electron chi connectivity index (χ4n) is 4.78. The van der Waals surface area contributed by atoms with Crippen molar-refractivity contribution < 1.29 is 21.7 Å². The van der Waals surface area contributed by atoms with E-state index >= 15 is 0 Å². The van der Waals surface area contributed by atoms with Crippen LogP contribution in [-0.2, 0) is 11.3 Å². The molecule has 38 heavy (non-hydrogen) atoms. The zero-order valence-electron chi connectivity index (χ0n) is 23.4. The molecule has 212 valence electrons. The molecule has 0 bridgehead atoms. The highest BCUT2D eigenvalue weighted by atomic mass is 32.2. The number of rotatable bonds is 12. The summed E-state index contributed by atoms with van der Waals surface area (Å²) in [5.74, 6) is -1.02. The topological polar surface area (TPSA) is 117 Å². The number of carbonyl (C=O) groups excluding carboxylic acids is 3. The lowest BCUT2D eigenvalue weighted by molar-refractivity contribution is -0.129. The predicted molar refractivity (Wildman–Crippen MR) is 152 cm³/mol. The van der Waals surface area contributed by atoms with Crippen LogP contribution in [0.1, 0.15) is 95.7 Å². The summed E-state index contributed by atoms with van der Waals surface area (Å²) >= 11 is 1.38. The third kappa shape index (κ3) is 7.89. The first kappa shape index (κ1) is 29.8. The minimum atomic E-state index is -1.09. The maximum absolute atomic E-state index is 13.9. The Morgan fingerprint density at radius 2 is 1.76 bits per heavy atom. The molecule has 2 aromatic rings. The number of benzene rings is 1. The summed E-state index contributed by atoms with van der Waals surface area (Å²) in [7, 11) is 3.90. The predicted octanol–water partition coefficient (Wildman–Crippen LogP) is 4.97. The zero-order valence-corrected chi connectivity index (χ0v) is 24.2. The van der Waals surface area contributed by atoms with Crippen LogP contribution in [-0.4, -0.2) is 63.6 Å². The van der Waals surface area contributed by atoms with Crippen LogP contribution in [0.4, 0.5) is 0 Å². The molecule has 1 aliphatic carbocycles. The van der Waals surface area contributed by atoms with Gasteiger partial charge in [-0.15, -0.1) is 10.2 Å². The van der Waals surface area contributed by atoms with Crippen molar-refractivity contribution in [1.82, 2.24) is 25.7 Å². The third-order valence-corrected chi connectivity index (χ3v) is 7.36. The van der Waals surface area contributed by atoms with Crippen LogP contribution >= 0.6 is 11.8 Å². The molecule has 1 atom stereocenters. The summed E-state index contributed by atoms with van der Waals surface area (Å²) in [6.45, 7) is 8.57. The molecule has 1 aromatic heterocycles. The van der Waals surface area contributed by atoms with Crippen LogP contribution in [0.2, 0.25) is 0 Å². The number of aromatic nitrogens is 2. The Morgan fingerprint density at radius 1 is 1.08 bits per heavy atom. The normalized spacial score (nSPS) is 16.0. The Labute approximate surface area is 232 Å². The van der Waals surface area contributed by atoms with Gasteiger partial charge in [-0.05, 0) is 50.9 Å². The van der Waals surface area contributed by atoms with E-state index in [0.717, 1.165) is 24.8 Å². The van der Waals surface area contributed by atoms with Gasteiger partial charge in [0.25, 0.3) is 17.0 Å². The molecule has 1 aliphatic rings. The minimum absolute atomic E-state index is 0. The van der Waals surface area contributed by atoms with Gasteiger partial charge in [-0.3, -0.25) is 14.4 Å². The van der Waals surface area contributed by atoms with E-state index in [-0.39, 0.29) is 31.7 Å². The van der Waals surface area contributed by atoms with Gasteiger partial charge in [-0.25, -0.2) is 0 Å². The van der Waals surface area contributed by atoms with Gasteiger partial charge < -0.3 is 20.0 Å². The SMILES string of the molecule is CC(C)CC(NC(=O)C1(NC(=O)c2ccccc2CN(C)C)CCCCC1)C(=O)c1nnc(SC(C)C)o1.[HH].[HH]. The number of nitrogens with one attached hydrogen (secondary N) is 2. The van der Waals surface area contributed by atoms with Crippen LogP contribution in [0.25, 0.3) is 0 Å². The molecule has 0 aliphatic heterocycles. The van der Waals surface area contributed by atoms with Crippen molar-refractivity contribution in [2.24, 2.45) is 5.92 Å². The summed E-state index contributed by atoms with van der Waals surface area (Å²) in [5, 5.41) is 14.5. The molecule has 2 N–H and O–H groups in total. The van der Waals surface area contributed by atoms with E-state index in [0.29, 0.717) is 36.6 Å². The summed E-state index contributed by atoms with van der Waals surface area (Å²) in [6.07, 6.45) is 4.06. The monoisotopic (exact) mass is 547 g/mol. The average Bonchev–Trinajstić information content (AvgIpc) is 3.31. The molecule has 1 fully saturated rings. The van der Waals surface area contributed by atoms with Gasteiger partial charge in [0.1, 0.15) is 5.54 Å². The molecule has 10 heteroatoms. The average molecular weight is 548 g/mol. The van der Waals surface area contributed by atoms with E-state index in [9.17, 15) is 14.4 Å². The van der Waals surface area contributed by atoms with Crippen molar-refractivity contribution in [3.63, 3.8) is 0 Å². The van der Waals surface area contributed by atoms with E-state index in [1.165, 1.54) is 11.8 Å². The lowest BCUT2D eigenvalue weighted by Gasteiger charge is -2.38. The molecule has 0 saturated heterocycles. The van der Waals surface area contributed by atoms with Crippen molar-refractivity contribution in [3.8, 4) is 0 Å². The van der Waals surface area contributed by atoms with E-state index in [1.807, 2.05) is 64.9 Å². The highest BCUT2D eigenvalue weighted by Gasteiger charge is 2.43. The summed E-state index contributed by atoms with van der Waals surface area (Å²) in [5.41, 5.74) is 0.347. The fraction of sp³-hybridized carbons (Fsp3) is 0.607. The number of amides is 2. The lowest BCUT2D eigenvalue weighted by atomic mass is 9.80. The minimum Gasteiger partial charge on any atom is -0.408 e. The number of hydrogen-bond donors (Lipinski definition) is 2. The van der Waals surface area contributed by atoms with Gasteiger partial charge in [0.15, 0.2) is 0 Å². The highest BCUT2D eigenvalue weighted by molar-refractivity contribution is 7.99. The van der Waals surface area contributed by atoms with Gasteiger partial charge in [-0.2, -0.15) is 0 Å². The van der Waals surface area contributed by atoms with Crippen molar-refractivity contribution in [2.45, 2.75) is 94.8 Å². The number of hydrogen-bond acceptors (Lipinski definition) is 8. The Hall–Kier alpha value is -2.72. The van der Waals surface area contributed by atoms with E-state index in [1.54, 1.807) is 6.07 Å². The van der Waals surface area contributed by atoms with Gasteiger partial charge in [0.2, 0.25) is 11.7 Å². The van der Waals surface area contributed by atoms with E-state index in [2.05, 4.69) is 20.8 Å². The molecule has 1 heterocycles. The van der Waals surface area contributed by atoms with Crippen molar-refractivity contribution in [2.75, 3.05) is 14.1 Å². The fourth-order valence-corrected chi connectivity index (χ4v) is 5.39. The third-order valence-electron chi connectivity index (χ3n) is 6.53. The van der Waals surface area contributed by atoms with Crippen LogP contribution in [0.3, 0.4) is 0 Å². The molecule has 1 unspecified atom stereocenters.